The van der Waals surface area contributed by atoms with Crippen LogP contribution in [0.4, 0.5) is 0 Å². The molecule has 2 unspecified atom stereocenters. The van der Waals surface area contributed by atoms with Gasteiger partial charge in [0.1, 0.15) is 0 Å². The van der Waals surface area contributed by atoms with Crippen LogP contribution in [0.1, 0.15) is 37.3 Å². The van der Waals surface area contributed by atoms with Crippen molar-refractivity contribution in [3.8, 4) is 0 Å². The molecule has 3 rings (SSSR count). The van der Waals surface area contributed by atoms with Crippen molar-refractivity contribution >= 4 is 10.9 Å². The third-order valence-corrected chi connectivity index (χ3v) is 5.09. The predicted molar refractivity (Wildman–Crippen MR) is 96.7 cm³/mol. The molecule has 124 valence electrons. The average molecular weight is 312 g/mol. The number of hydrogen-bond acceptors (Lipinski definition) is 2. The Labute approximate surface area is 139 Å². The quantitative estimate of drug-likeness (QED) is 0.855. The first-order valence-corrected chi connectivity index (χ1v) is 8.62. The zero-order valence-corrected chi connectivity index (χ0v) is 14.6. The molecule has 0 radical (unpaired) electrons. The number of benzene rings is 1. The van der Waals surface area contributed by atoms with E-state index in [4.69, 9.17) is 4.74 Å². The van der Waals surface area contributed by atoms with Crippen molar-refractivity contribution in [1.82, 2.24) is 9.88 Å². The molecule has 1 fully saturated rings. The van der Waals surface area contributed by atoms with Gasteiger partial charge in [-0.25, -0.2) is 0 Å². The lowest BCUT2D eigenvalue weighted by Gasteiger charge is -2.30. The van der Waals surface area contributed by atoms with Crippen molar-refractivity contribution in [3.63, 3.8) is 0 Å². The van der Waals surface area contributed by atoms with Crippen LogP contribution >= 0.6 is 0 Å². The highest BCUT2D eigenvalue weighted by molar-refractivity contribution is 5.83. The van der Waals surface area contributed by atoms with E-state index in [9.17, 15) is 0 Å². The molecule has 1 aromatic heterocycles. The van der Waals surface area contributed by atoms with Crippen LogP contribution in [-0.4, -0.2) is 35.7 Å². The van der Waals surface area contributed by atoms with E-state index in [1.165, 1.54) is 40.6 Å². The number of methoxy groups -OCH3 is 1. The third kappa shape index (κ3) is 3.45. The summed E-state index contributed by atoms with van der Waals surface area (Å²) in [6.07, 6.45) is 6.93. The molecule has 2 heterocycles. The van der Waals surface area contributed by atoms with Gasteiger partial charge in [0.25, 0.3) is 0 Å². The molecule has 0 spiro atoms. The highest BCUT2D eigenvalue weighted by atomic mass is 16.5. The standard InChI is InChI=1S/C20H28N2O/c1-14-7-8-20-19(10-14)17(13-21-20)12-18-6-5-9-22(18)15(2)11-16(3)23-4/h7-8,10,13,16,18,21H,2,5-6,9,11-12H2,1,3-4H3. The molecule has 2 aromatic rings. The molecule has 3 heteroatoms. The molecule has 0 aliphatic carbocycles. The SMILES string of the molecule is C=C(CC(C)OC)N1CCCC1Cc1c[nH]c2ccc(C)cc12. The highest BCUT2D eigenvalue weighted by Gasteiger charge is 2.27. The predicted octanol–water partition coefficient (Wildman–Crippen LogP) is 4.42. The van der Waals surface area contributed by atoms with Crippen LogP contribution < -0.4 is 0 Å². The zero-order chi connectivity index (χ0) is 16.4. The lowest BCUT2D eigenvalue weighted by molar-refractivity contribution is 0.110. The van der Waals surface area contributed by atoms with Crippen LogP contribution in [0.3, 0.4) is 0 Å². The number of aromatic amines is 1. The number of rotatable bonds is 6. The van der Waals surface area contributed by atoms with Crippen LogP contribution in [0.5, 0.6) is 0 Å². The van der Waals surface area contributed by atoms with Gasteiger partial charge >= 0.3 is 0 Å². The van der Waals surface area contributed by atoms with Gasteiger partial charge in [-0.1, -0.05) is 18.2 Å². The van der Waals surface area contributed by atoms with Gasteiger partial charge in [0, 0.05) is 48.9 Å². The first kappa shape index (κ1) is 16.1. The Morgan fingerprint density at radius 2 is 2.30 bits per heavy atom. The second-order valence-corrected chi connectivity index (χ2v) is 6.87. The third-order valence-electron chi connectivity index (χ3n) is 5.09. The molecule has 23 heavy (non-hydrogen) atoms. The minimum atomic E-state index is 0.236. The molecule has 0 saturated carbocycles. The summed E-state index contributed by atoms with van der Waals surface area (Å²) >= 11 is 0. The summed E-state index contributed by atoms with van der Waals surface area (Å²) in [5.74, 6) is 0. The molecule has 0 amide bonds. The first-order valence-electron chi connectivity index (χ1n) is 8.62. The number of fused-ring (bicyclic) bond motifs is 1. The maximum Gasteiger partial charge on any atom is 0.0597 e. The maximum atomic E-state index is 5.40. The molecule has 1 N–H and O–H groups in total. The largest absolute Gasteiger partial charge is 0.381 e. The molecule has 1 aliphatic rings. The van der Waals surface area contributed by atoms with E-state index in [1.54, 1.807) is 7.11 Å². The van der Waals surface area contributed by atoms with Crippen LogP contribution in [0.15, 0.2) is 36.7 Å². The molecule has 0 bridgehead atoms. The highest BCUT2D eigenvalue weighted by Crippen LogP contribution is 2.29. The molecule has 1 aromatic carbocycles. The number of nitrogens with one attached hydrogen (secondary N) is 1. The first-order chi connectivity index (χ1) is 11.1. The van der Waals surface area contributed by atoms with Gasteiger partial charge in [-0.2, -0.15) is 0 Å². The summed E-state index contributed by atoms with van der Waals surface area (Å²) in [6, 6.07) is 7.20. The second kappa shape index (κ2) is 6.79. The van der Waals surface area contributed by atoms with Crippen molar-refractivity contribution in [1.29, 1.82) is 0 Å². The lowest BCUT2D eigenvalue weighted by atomic mass is 10.0. The Morgan fingerprint density at radius 3 is 3.09 bits per heavy atom. The molecule has 1 saturated heterocycles. The Morgan fingerprint density at radius 1 is 1.48 bits per heavy atom. The fourth-order valence-electron chi connectivity index (χ4n) is 3.71. The van der Waals surface area contributed by atoms with E-state index in [-0.39, 0.29) is 6.10 Å². The van der Waals surface area contributed by atoms with E-state index < -0.39 is 0 Å². The minimum absolute atomic E-state index is 0.236. The Hall–Kier alpha value is -1.74. The van der Waals surface area contributed by atoms with E-state index in [0.717, 1.165) is 19.4 Å². The summed E-state index contributed by atoms with van der Waals surface area (Å²) in [5, 5.41) is 1.37. The van der Waals surface area contributed by atoms with Crippen molar-refractivity contribution in [2.45, 2.75) is 51.7 Å². The number of aromatic nitrogens is 1. The number of ether oxygens (including phenoxy) is 1. The molecular weight excluding hydrogens is 284 g/mol. The normalized spacial score (nSPS) is 19.4. The fourth-order valence-corrected chi connectivity index (χ4v) is 3.71. The topological polar surface area (TPSA) is 28.3 Å². The van der Waals surface area contributed by atoms with Gasteiger partial charge in [0.2, 0.25) is 0 Å². The van der Waals surface area contributed by atoms with E-state index in [2.05, 4.69) is 54.7 Å². The van der Waals surface area contributed by atoms with Crippen molar-refractivity contribution in [2.75, 3.05) is 13.7 Å². The van der Waals surface area contributed by atoms with Gasteiger partial charge in [-0.15, -0.1) is 0 Å². The number of H-pyrrole nitrogens is 1. The van der Waals surface area contributed by atoms with Crippen LogP contribution in [0, 0.1) is 6.92 Å². The summed E-state index contributed by atoms with van der Waals surface area (Å²) in [4.78, 5) is 5.92. The molecule has 3 nitrogen and oxygen atoms in total. The molecule has 2 atom stereocenters. The second-order valence-electron chi connectivity index (χ2n) is 6.87. The van der Waals surface area contributed by atoms with E-state index in [0.29, 0.717) is 6.04 Å². The maximum absolute atomic E-state index is 5.40. The Bertz CT molecular complexity index is 688. The van der Waals surface area contributed by atoms with Crippen LogP contribution in [-0.2, 0) is 11.2 Å². The van der Waals surface area contributed by atoms with Crippen LogP contribution in [0.2, 0.25) is 0 Å². The van der Waals surface area contributed by atoms with Crippen molar-refractivity contribution < 1.29 is 4.74 Å². The molecule has 1 aliphatic heterocycles. The summed E-state index contributed by atoms with van der Waals surface area (Å²) in [5.41, 5.74) is 5.20. The number of likely N-dealkylation sites (tertiary alicyclic amines) is 1. The Balaban J connectivity index is 1.75. The number of nitrogens with zero attached hydrogens (tertiary/aromatic N) is 1. The summed E-state index contributed by atoms with van der Waals surface area (Å²) in [7, 11) is 1.77. The van der Waals surface area contributed by atoms with Gasteiger partial charge in [0.15, 0.2) is 0 Å². The zero-order valence-electron chi connectivity index (χ0n) is 14.6. The fraction of sp³-hybridized carbons (Fsp3) is 0.500. The van der Waals surface area contributed by atoms with Crippen molar-refractivity contribution in [2.24, 2.45) is 0 Å². The summed E-state index contributed by atoms with van der Waals surface area (Å²) in [6.45, 7) is 9.71. The molecular formula is C20H28N2O. The summed E-state index contributed by atoms with van der Waals surface area (Å²) < 4.78 is 5.40. The van der Waals surface area contributed by atoms with Gasteiger partial charge < -0.3 is 14.6 Å². The smallest absolute Gasteiger partial charge is 0.0597 e. The monoisotopic (exact) mass is 312 g/mol. The van der Waals surface area contributed by atoms with E-state index >= 15 is 0 Å². The Kier molecular flexibility index (Phi) is 4.76. The average Bonchev–Trinajstić information content (AvgIpc) is 3.15. The lowest BCUT2D eigenvalue weighted by Crippen LogP contribution is -2.31. The van der Waals surface area contributed by atoms with Gasteiger partial charge in [-0.05, 0) is 50.8 Å². The van der Waals surface area contributed by atoms with Gasteiger partial charge in [0.05, 0.1) is 6.10 Å². The minimum Gasteiger partial charge on any atom is -0.381 e. The van der Waals surface area contributed by atoms with Crippen LogP contribution in [0.25, 0.3) is 10.9 Å². The van der Waals surface area contributed by atoms with E-state index in [1.807, 2.05) is 0 Å². The number of hydrogen-bond donors (Lipinski definition) is 1. The van der Waals surface area contributed by atoms with Gasteiger partial charge in [-0.3, -0.25) is 0 Å². The van der Waals surface area contributed by atoms with Crippen molar-refractivity contribution in [3.05, 3.63) is 47.8 Å². The number of aryl methyl sites for hydroxylation is 1.